The Balaban J connectivity index is 2.09. The minimum Gasteiger partial charge on any atom is -0.378 e. The molecule has 0 aliphatic carbocycles. The molecular formula is C10H14ClN3O3S. The molecule has 6 nitrogen and oxygen atoms in total. The van der Waals surface area contributed by atoms with Crippen LogP contribution in [0.2, 0.25) is 5.28 Å². The summed E-state index contributed by atoms with van der Waals surface area (Å²) < 4.78 is 32.1. The third kappa shape index (κ3) is 3.38. The van der Waals surface area contributed by atoms with Gasteiger partial charge in [-0.3, -0.25) is 0 Å². The van der Waals surface area contributed by atoms with Gasteiger partial charge in [0.25, 0.3) is 0 Å². The molecule has 18 heavy (non-hydrogen) atoms. The van der Waals surface area contributed by atoms with Gasteiger partial charge in [0.15, 0.2) is 0 Å². The lowest BCUT2D eigenvalue weighted by molar-refractivity contribution is 0.0173. The summed E-state index contributed by atoms with van der Waals surface area (Å²) >= 11 is 5.52. The number of nitrogens with zero attached hydrogens (tertiary/aromatic N) is 2. The second-order valence-electron chi connectivity index (χ2n) is 4.21. The average molecular weight is 292 g/mol. The molecule has 2 atom stereocenters. The van der Waals surface area contributed by atoms with E-state index < -0.39 is 10.0 Å². The molecule has 100 valence electrons. The van der Waals surface area contributed by atoms with Crippen molar-refractivity contribution < 1.29 is 13.2 Å². The number of hydrogen-bond acceptors (Lipinski definition) is 5. The van der Waals surface area contributed by atoms with Gasteiger partial charge in [-0.05, 0) is 31.4 Å². The van der Waals surface area contributed by atoms with Crippen LogP contribution in [0.3, 0.4) is 0 Å². The van der Waals surface area contributed by atoms with Gasteiger partial charge in [-0.1, -0.05) is 0 Å². The molecule has 0 spiro atoms. The number of ether oxygens (including phenoxy) is 1. The smallest absolute Gasteiger partial charge is 0.243 e. The first-order chi connectivity index (χ1) is 8.47. The van der Waals surface area contributed by atoms with Crippen molar-refractivity contribution >= 4 is 21.6 Å². The lowest BCUT2D eigenvalue weighted by Crippen LogP contribution is -2.41. The van der Waals surface area contributed by atoms with Crippen molar-refractivity contribution in [2.45, 2.75) is 36.8 Å². The minimum absolute atomic E-state index is 0.0195. The first-order valence-electron chi connectivity index (χ1n) is 5.59. The Morgan fingerprint density at radius 1 is 1.44 bits per heavy atom. The van der Waals surface area contributed by atoms with E-state index in [0.29, 0.717) is 19.4 Å². The predicted molar refractivity (Wildman–Crippen MR) is 65.8 cm³/mol. The molecule has 0 bridgehead atoms. The molecule has 1 saturated heterocycles. The summed E-state index contributed by atoms with van der Waals surface area (Å²) in [6, 6.07) is -0.116. The Kier molecular flexibility index (Phi) is 4.16. The molecule has 2 rings (SSSR count). The maximum atomic E-state index is 12.0. The molecule has 0 radical (unpaired) electrons. The molecular weight excluding hydrogens is 278 g/mol. The highest BCUT2D eigenvalue weighted by atomic mass is 35.5. The van der Waals surface area contributed by atoms with E-state index in [1.807, 2.05) is 6.92 Å². The summed E-state index contributed by atoms with van der Waals surface area (Å²) in [4.78, 5) is 7.35. The number of aromatic nitrogens is 2. The van der Waals surface area contributed by atoms with Gasteiger partial charge in [0.05, 0.1) is 18.5 Å². The molecule has 1 aromatic heterocycles. The summed E-state index contributed by atoms with van der Waals surface area (Å²) in [5.41, 5.74) is 0. The number of halogens is 1. The summed E-state index contributed by atoms with van der Waals surface area (Å²) in [6.07, 6.45) is 3.78. The highest BCUT2D eigenvalue weighted by molar-refractivity contribution is 7.89. The van der Waals surface area contributed by atoms with Gasteiger partial charge in [-0.15, -0.1) is 0 Å². The fourth-order valence-electron chi connectivity index (χ4n) is 1.83. The quantitative estimate of drug-likeness (QED) is 0.840. The van der Waals surface area contributed by atoms with Crippen LogP contribution in [0.15, 0.2) is 17.3 Å². The molecule has 0 saturated carbocycles. The largest absolute Gasteiger partial charge is 0.378 e. The highest BCUT2D eigenvalue weighted by Gasteiger charge is 2.25. The first-order valence-corrected chi connectivity index (χ1v) is 7.45. The van der Waals surface area contributed by atoms with Gasteiger partial charge in [-0.25, -0.2) is 23.1 Å². The molecule has 1 aliphatic heterocycles. The van der Waals surface area contributed by atoms with E-state index in [0.717, 1.165) is 0 Å². The Bertz CT molecular complexity index is 506. The van der Waals surface area contributed by atoms with Gasteiger partial charge in [0.2, 0.25) is 15.3 Å². The van der Waals surface area contributed by atoms with E-state index in [4.69, 9.17) is 16.3 Å². The van der Waals surface area contributed by atoms with Crippen molar-refractivity contribution in [3.05, 3.63) is 17.7 Å². The summed E-state index contributed by atoms with van der Waals surface area (Å²) in [6.45, 7) is 2.48. The van der Waals surface area contributed by atoms with Crippen molar-refractivity contribution in [2.75, 3.05) is 6.61 Å². The van der Waals surface area contributed by atoms with Gasteiger partial charge in [0.1, 0.15) is 4.90 Å². The SMILES string of the molecule is CC1CC(NS(=O)(=O)c2cnc(Cl)nc2)CCO1. The number of sulfonamides is 1. The summed E-state index contributed by atoms with van der Waals surface area (Å²) in [7, 11) is -3.59. The van der Waals surface area contributed by atoms with Crippen LogP contribution in [0.1, 0.15) is 19.8 Å². The Labute approximate surface area is 111 Å². The lowest BCUT2D eigenvalue weighted by atomic mass is 10.1. The van der Waals surface area contributed by atoms with Crippen LogP contribution in [-0.2, 0) is 14.8 Å². The fraction of sp³-hybridized carbons (Fsp3) is 0.600. The number of nitrogens with one attached hydrogen (secondary N) is 1. The Morgan fingerprint density at radius 2 is 2.11 bits per heavy atom. The van der Waals surface area contributed by atoms with Gasteiger partial charge < -0.3 is 4.74 Å². The zero-order valence-corrected chi connectivity index (χ0v) is 11.4. The molecule has 1 fully saturated rings. The molecule has 2 heterocycles. The van der Waals surface area contributed by atoms with Gasteiger partial charge >= 0.3 is 0 Å². The van der Waals surface area contributed by atoms with Crippen LogP contribution < -0.4 is 4.72 Å². The molecule has 8 heteroatoms. The van der Waals surface area contributed by atoms with E-state index in [1.165, 1.54) is 12.4 Å². The molecule has 1 aliphatic rings. The minimum atomic E-state index is -3.59. The Morgan fingerprint density at radius 3 is 2.72 bits per heavy atom. The molecule has 2 unspecified atom stereocenters. The zero-order valence-electron chi connectivity index (χ0n) is 9.84. The summed E-state index contributed by atoms with van der Waals surface area (Å²) in [5, 5.41) is 0.0219. The first kappa shape index (κ1) is 13.7. The molecule has 0 aromatic carbocycles. The topological polar surface area (TPSA) is 81.2 Å². The zero-order chi connectivity index (χ0) is 13.2. The normalized spacial score (nSPS) is 25.0. The maximum absolute atomic E-state index is 12.0. The van der Waals surface area contributed by atoms with Crippen LogP contribution in [0.4, 0.5) is 0 Å². The second-order valence-corrected chi connectivity index (χ2v) is 6.26. The van der Waals surface area contributed by atoms with Gasteiger partial charge in [-0.2, -0.15) is 0 Å². The van der Waals surface area contributed by atoms with Crippen molar-refractivity contribution in [3.8, 4) is 0 Å². The third-order valence-electron chi connectivity index (χ3n) is 2.71. The van der Waals surface area contributed by atoms with E-state index >= 15 is 0 Å². The van der Waals surface area contributed by atoms with Gasteiger partial charge in [0, 0.05) is 12.6 Å². The molecule has 1 N–H and O–H groups in total. The number of rotatable bonds is 3. The van der Waals surface area contributed by atoms with E-state index in [1.54, 1.807) is 0 Å². The van der Waals surface area contributed by atoms with E-state index in [-0.39, 0.29) is 22.3 Å². The van der Waals surface area contributed by atoms with Crippen LogP contribution in [0.5, 0.6) is 0 Å². The number of hydrogen-bond donors (Lipinski definition) is 1. The van der Waals surface area contributed by atoms with Crippen LogP contribution in [0, 0.1) is 0 Å². The highest BCUT2D eigenvalue weighted by Crippen LogP contribution is 2.16. The molecule has 0 amide bonds. The third-order valence-corrected chi connectivity index (χ3v) is 4.38. The summed E-state index contributed by atoms with van der Waals surface area (Å²) in [5.74, 6) is 0. The Hall–Kier alpha value is -0.760. The van der Waals surface area contributed by atoms with Crippen molar-refractivity contribution in [2.24, 2.45) is 0 Å². The maximum Gasteiger partial charge on any atom is 0.243 e. The second kappa shape index (κ2) is 5.48. The van der Waals surface area contributed by atoms with Crippen molar-refractivity contribution in [3.63, 3.8) is 0 Å². The average Bonchev–Trinajstić information content (AvgIpc) is 2.29. The van der Waals surface area contributed by atoms with Crippen molar-refractivity contribution in [1.29, 1.82) is 0 Å². The molecule has 1 aromatic rings. The fourth-order valence-corrected chi connectivity index (χ4v) is 3.10. The monoisotopic (exact) mass is 291 g/mol. The van der Waals surface area contributed by atoms with Crippen molar-refractivity contribution in [1.82, 2.24) is 14.7 Å². The van der Waals surface area contributed by atoms with E-state index in [2.05, 4.69) is 14.7 Å². The lowest BCUT2D eigenvalue weighted by Gasteiger charge is -2.27. The predicted octanol–water partition coefficient (Wildman–Crippen LogP) is 0.976. The van der Waals surface area contributed by atoms with Crippen LogP contribution >= 0.6 is 11.6 Å². The van der Waals surface area contributed by atoms with E-state index in [9.17, 15) is 8.42 Å². The standard InChI is InChI=1S/C10H14ClN3O3S/c1-7-4-8(2-3-17-7)14-18(15,16)9-5-12-10(11)13-6-9/h5-8,14H,2-4H2,1H3. The van der Waals surface area contributed by atoms with Crippen LogP contribution in [-0.4, -0.2) is 37.1 Å². The van der Waals surface area contributed by atoms with Crippen LogP contribution in [0.25, 0.3) is 0 Å².